The molecule has 0 spiro atoms. The van der Waals surface area contributed by atoms with Crippen LogP contribution < -0.4 is 15.5 Å². The first-order valence-corrected chi connectivity index (χ1v) is 20.7. The Bertz CT molecular complexity index is 3270. The van der Waals surface area contributed by atoms with Gasteiger partial charge in [-0.25, -0.2) is 0 Å². The van der Waals surface area contributed by atoms with Crippen molar-refractivity contribution >= 4 is 66.7 Å². The fraction of sp³-hybridized carbons (Fsp3) is 0.0714. The van der Waals surface area contributed by atoms with Crippen LogP contribution in [0.1, 0.15) is 25.0 Å². The molecule has 0 fully saturated rings. The topological polar surface area (TPSA) is 37.4 Å². The number of nitrogen functional groups attached to an aromatic ring is 1. The van der Waals surface area contributed by atoms with Crippen LogP contribution in [-0.2, 0) is 5.41 Å². The number of hydrogen-bond acceptors (Lipinski definition) is 3. The molecule has 1 heterocycles. The Morgan fingerprint density at radius 1 is 0.433 bits per heavy atom. The van der Waals surface area contributed by atoms with Crippen molar-refractivity contribution in [3.05, 3.63) is 211 Å². The minimum Gasteiger partial charge on any atom is -0.397 e. The van der Waals surface area contributed by atoms with Gasteiger partial charge >= 0.3 is 0 Å². The number of hydrogen-bond donors (Lipinski definition) is 1. The smallest absolute Gasteiger partial charge is 0.0641 e. The van der Waals surface area contributed by atoms with Crippen LogP contribution in [0.5, 0.6) is 0 Å². The lowest BCUT2D eigenvalue weighted by molar-refractivity contribution is 0.660. The molecule has 4 heteroatoms. The zero-order valence-corrected chi connectivity index (χ0v) is 34.0. The molecule has 1 aliphatic carbocycles. The van der Waals surface area contributed by atoms with Gasteiger partial charge in [-0.05, 0) is 112 Å². The van der Waals surface area contributed by atoms with Gasteiger partial charge in [0, 0.05) is 56.8 Å². The van der Waals surface area contributed by atoms with E-state index in [9.17, 15) is 0 Å². The van der Waals surface area contributed by atoms with Crippen molar-refractivity contribution in [3.63, 3.8) is 0 Å². The second-order valence-electron chi connectivity index (χ2n) is 16.5. The quantitative estimate of drug-likeness (QED) is 0.164. The van der Waals surface area contributed by atoms with Crippen molar-refractivity contribution in [2.75, 3.05) is 22.6 Å². The van der Waals surface area contributed by atoms with Crippen LogP contribution in [0.3, 0.4) is 0 Å². The third kappa shape index (κ3) is 5.52. The zero-order valence-electron chi connectivity index (χ0n) is 34.0. The van der Waals surface area contributed by atoms with Crippen molar-refractivity contribution in [2.24, 2.45) is 0 Å². The highest BCUT2D eigenvalue weighted by Crippen LogP contribution is 2.51. The van der Waals surface area contributed by atoms with Crippen LogP contribution in [0.15, 0.2) is 200 Å². The van der Waals surface area contributed by atoms with E-state index in [0.29, 0.717) is 0 Å². The van der Waals surface area contributed by atoms with Gasteiger partial charge in [-0.3, -0.25) is 0 Å². The molecule has 0 unspecified atom stereocenters. The number of anilines is 6. The molecule has 0 atom stereocenters. The van der Waals surface area contributed by atoms with E-state index in [4.69, 9.17) is 5.73 Å². The molecule has 0 aliphatic heterocycles. The largest absolute Gasteiger partial charge is 0.397 e. The minimum absolute atomic E-state index is 0.135. The monoisotopic (exact) mass is 772 g/mol. The van der Waals surface area contributed by atoms with E-state index in [-0.39, 0.29) is 5.41 Å². The van der Waals surface area contributed by atoms with Gasteiger partial charge in [-0.2, -0.15) is 0 Å². The molecule has 0 bridgehead atoms. The Balaban J connectivity index is 1.06. The Kier molecular flexibility index (Phi) is 8.18. The molecule has 1 aromatic heterocycles. The molecule has 9 aromatic carbocycles. The number of fused-ring (bicyclic) bond motifs is 7. The summed E-state index contributed by atoms with van der Waals surface area (Å²) in [5.41, 5.74) is 23.8. The Morgan fingerprint density at radius 3 is 1.83 bits per heavy atom. The molecule has 288 valence electrons. The molecule has 1 aliphatic rings. The summed E-state index contributed by atoms with van der Waals surface area (Å²) in [5, 5.41) is 4.80. The van der Waals surface area contributed by atoms with Crippen LogP contribution in [0.2, 0.25) is 0 Å². The maximum absolute atomic E-state index is 6.51. The van der Waals surface area contributed by atoms with E-state index in [1.54, 1.807) is 0 Å². The molecule has 0 saturated carbocycles. The molecule has 2 N–H and O–H groups in total. The van der Waals surface area contributed by atoms with Crippen molar-refractivity contribution < 1.29 is 0 Å². The molecule has 10 aromatic rings. The number of para-hydroxylation sites is 4. The molecule has 4 nitrogen and oxygen atoms in total. The predicted molar refractivity (Wildman–Crippen MR) is 255 cm³/mol. The summed E-state index contributed by atoms with van der Waals surface area (Å²) >= 11 is 0. The molecule has 60 heavy (non-hydrogen) atoms. The molecular weight excluding hydrogens is 729 g/mol. The van der Waals surface area contributed by atoms with Gasteiger partial charge in [-0.1, -0.05) is 135 Å². The molecule has 0 amide bonds. The number of nitrogens with two attached hydrogens (primary N) is 1. The lowest BCUT2D eigenvalue weighted by atomic mass is 9.82. The average Bonchev–Trinajstić information content (AvgIpc) is 3.74. The number of benzene rings is 9. The number of nitrogens with zero attached hydrogens (tertiary/aromatic N) is 3. The van der Waals surface area contributed by atoms with E-state index in [1.807, 2.05) is 18.2 Å². The van der Waals surface area contributed by atoms with Crippen molar-refractivity contribution in [2.45, 2.75) is 19.3 Å². The van der Waals surface area contributed by atoms with Gasteiger partial charge in [0.15, 0.2) is 0 Å². The van der Waals surface area contributed by atoms with Gasteiger partial charge in [0.05, 0.1) is 28.1 Å². The summed E-state index contributed by atoms with van der Waals surface area (Å²) in [4.78, 5) is 4.63. The minimum atomic E-state index is -0.135. The van der Waals surface area contributed by atoms with Gasteiger partial charge < -0.3 is 20.1 Å². The normalized spacial score (nSPS) is 12.8. The first-order chi connectivity index (χ1) is 29.4. The summed E-state index contributed by atoms with van der Waals surface area (Å²) in [6.45, 7) is 4.70. The number of aromatic nitrogens is 1. The Hall–Kier alpha value is -7.56. The van der Waals surface area contributed by atoms with Crippen LogP contribution in [0.25, 0.3) is 60.5 Å². The fourth-order valence-electron chi connectivity index (χ4n) is 9.75. The first-order valence-electron chi connectivity index (χ1n) is 20.7. The highest BCUT2D eigenvalue weighted by molar-refractivity contribution is 6.11. The highest BCUT2D eigenvalue weighted by atomic mass is 15.2. The first kappa shape index (κ1) is 35.6. The van der Waals surface area contributed by atoms with E-state index in [0.717, 1.165) is 50.6 Å². The predicted octanol–water partition coefficient (Wildman–Crippen LogP) is 14.7. The summed E-state index contributed by atoms with van der Waals surface area (Å²) < 4.78 is 2.37. The molecule has 0 saturated heterocycles. The summed E-state index contributed by atoms with van der Waals surface area (Å²) in [6.07, 6.45) is 0. The van der Waals surface area contributed by atoms with E-state index < -0.39 is 0 Å². The Labute approximate surface area is 351 Å². The fourth-order valence-corrected chi connectivity index (χ4v) is 9.75. The average molecular weight is 773 g/mol. The highest BCUT2D eigenvalue weighted by Gasteiger charge is 2.36. The third-order valence-electron chi connectivity index (χ3n) is 12.7. The van der Waals surface area contributed by atoms with Crippen LogP contribution in [0.4, 0.5) is 34.1 Å². The summed E-state index contributed by atoms with van der Waals surface area (Å²) in [5.74, 6) is 0. The van der Waals surface area contributed by atoms with E-state index >= 15 is 0 Å². The molecular formula is C56H44N4. The number of rotatable bonds is 7. The van der Waals surface area contributed by atoms with Crippen molar-refractivity contribution in [1.82, 2.24) is 4.57 Å². The SMILES string of the molecule is CN(c1ccccc1N)c1ccc(N(c2ccc(-c3ccc4c(c3)c3ccccc3n4-c3ccccc3)cc2)c2ccc3c(c2)C(C)(C)c2ccccc2-3)c2ccccc12. The van der Waals surface area contributed by atoms with Crippen molar-refractivity contribution in [1.29, 1.82) is 0 Å². The van der Waals surface area contributed by atoms with Crippen molar-refractivity contribution in [3.8, 4) is 27.9 Å². The van der Waals surface area contributed by atoms with E-state index in [2.05, 4.69) is 217 Å². The second-order valence-corrected chi connectivity index (χ2v) is 16.5. The molecule has 0 radical (unpaired) electrons. The molecule has 11 rings (SSSR count). The standard InChI is InChI=1S/C56H44N4/c1-56(2)48-21-11-9-17-42(48)43-31-30-41(36-49(43)56)59(53-34-33-51(44-18-7-8-19-45(44)53)58(3)55-24-14-12-22-50(55)57)40-28-25-37(26-29-40)38-27-32-54-47(35-38)46-20-10-13-23-52(46)60(54)39-15-5-4-6-16-39/h4-36H,57H2,1-3H3. The van der Waals surface area contributed by atoms with E-state index in [1.165, 1.54) is 55.2 Å². The van der Waals surface area contributed by atoms with Crippen LogP contribution in [-0.4, -0.2) is 11.6 Å². The zero-order chi connectivity index (χ0) is 40.5. The van der Waals surface area contributed by atoms with Crippen LogP contribution >= 0.6 is 0 Å². The van der Waals surface area contributed by atoms with Gasteiger partial charge in [-0.15, -0.1) is 0 Å². The lowest BCUT2D eigenvalue weighted by Gasteiger charge is -2.30. The van der Waals surface area contributed by atoms with Crippen LogP contribution in [0, 0.1) is 0 Å². The Morgan fingerprint density at radius 2 is 1.03 bits per heavy atom. The lowest BCUT2D eigenvalue weighted by Crippen LogP contribution is -2.17. The van der Waals surface area contributed by atoms with Gasteiger partial charge in [0.2, 0.25) is 0 Å². The van der Waals surface area contributed by atoms with Gasteiger partial charge in [0.1, 0.15) is 0 Å². The second kappa shape index (κ2) is 13.8. The maximum Gasteiger partial charge on any atom is 0.0641 e. The summed E-state index contributed by atoms with van der Waals surface area (Å²) in [7, 11) is 2.10. The third-order valence-corrected chi connectivity index (χ3v) is 12.7. The maximum atomic E-state index is 6.51. The van der Waals surface area contributed by atoms with Gasteiger partial charge in [0.25, 0.3) is 0 Å². The summed E-state index contributed by atoms with van der Waals surface area (Å²) in [6, 6.07) is 72.5.